The molecule has 0 bridgehead atoms. The van der Waals surface area contributed by atoms with Gasteiger partial charge in [-0.15, -0.1) is 15.3 Å². The van der Waals surface area contributed by atoms with Crippen molar-refractivity contribution in [3.63, 3.8) is 0 Å². The summed E-state index contributed by atoms with van der Waals surface area (Å²) >= 11 is 0. The molecule has 0 aliphatic rings. The Hall–Kier alpha value is -2.25. The second-order valence-electron chi connectivity index (χ2n) is 4.48. The highest BCUT2D eigenvalue weighted by Gasteiger charge is 2.17. The lowest BCUT2D eigenvalue weighted by Gasteiger charge is -2.16. The zero-order valence-electron chi connectivity index (χ0n) is 11.8. The van der Waals surface area contributed by atoms with Gasteiger partial charge < -0.3 is 22.9 Å². The summed E-state index contributed by atoms with van der Waals surface area (Å²) in [6.45, 7) is 5.78. The Labute approximate surface area is 122 Å². The van der Waals surface area contributed by atoms with E-state index < -0.39 is 10.4 Å². The van der Waals surface area contributed by atoms with E-state index in [2.05, 4.69) is 20.4 Å². The van der Waals surface area contributed by atoms with E-state index in [9.17, 15) is 0 Å². The number of nitrogens with zero attached hydrogens (tertiary/aromatic N) is 4. The first-order valence-electron chi connectivity index (χ1n) is 5.22. The Bertz CT molecular complexity index is 527. The quantitative estimate of drug-likeness (QED) is 0.151. The molecule has 0 aromatic rings. The molecule has 13 heteroatoms. The van der Waals surface area contributed by atoms with Gasteiger partial charge in [0.25, 0.3) is 0 Å². The van der Waals surface area contributed by atoms with Crippen molar-refractivity contribution in [1.82, 2.24) is 0 Å². The third-order valence-electron chi connectivity index (χ3n) is 1.39. The van der Waals surface area contributed by atoms with Crippen LogP contribution >= 0.6 is 0 Å². The fraction of sp³-hybridized carbons (Fsp3) is 0.500. The average molecular weight is 324 g/mol. The predicted molar refractivity (Wildman–Crippen MR) is 81.2 cm³/mol. The van der Waals surface area contributed by atoms with Gasteiger partial charge in [0, 0.05) is 5.41 Å². The molecule has 0 spiro atoms. The third kappa shape index (κ3) is 20.2. The fourth-order valence-corrected chi connectivity index (χ4v) is 0.631. The first kappa shape index (κ1) is 21.1. The van der Waals surface area contributed by atoms with Gasteiger partial charge in [0.05, 0.1) is 11.9 Å². The SMILES string of the molecule is CC(C)(C)C(/C=N/N=C(N)N)=N\N=C(N)N.O=S(=O)(O)O. The molecule has 122 valence electrons. The van der Waals surface area contributed by atoms with Crippen molar-refractivity contribution in [1.29, 1.82) is 0 Å². The molecular formula is C8H20N8O4S. The van der Waals surface area contributed by atoms with E-state index in [4.69, 9.17) is 40.5 Å². The summed E-state index contributed by atoms with van der Waals surface area (Å²) in [4.78, 5) is 0. The van der Waals surface area contributed by atoms with E-state index in [1.807, 2.05) is 20.8 Å². The number of rotatable bonds is 3. The van der Waals surface area contributed by atoms with Crippen LogP contribution in [0.5, 0.6) is 0 Å². The highest BCUT2D eigenvalue weighted by Crippen LogP contribution is 2.15. The molecule has 0 rings (SSSR count). The summed E-state index contributed by atoms with van der Waals surface area (Å²) in [6.07, 6.45) is 1.40. The van der Waals surface area contributed by atoms with E-state index in [1.165, 1.54) is 6.21 Å². The van der Waals surface area contributed by atoms with Crippen molar-refractivity contribution in [2.75, 3.05) is 0 Å². The molecule has 0 saturated heterocycles. The van der Waals surface area contributed by atoms with Crippen molar-refractivity contribution < 1.29 is 17.5 Å². The minimum absolute atomic E-state index is 0.128. The maximum Gasteiger partial charge on any atom is 0.394 e. The zero-order valence-corrected chi connectivity index (χ0v) is 12.6. The standard InChI is InChI=1S/C8H18N8.H2O4S/c1-8(2,3)5(14-16-7(11)12)4-13-15-6(9)10;1-5(2,3)4/h4H,1-3H3,(H4,9,10,15)(H4,11,12,16);(H2,1,2,3,4)/b13-4+,14-5-;. The van der Waals surface area contributed by atoms with Crippen LogP contribution in [-0.2, 0) is 10.4 Å². The first-order chi connectivity index (χ1) is 9.23. The van der Waals surface area contributed by atoms with E-state index in [-0.39, 0.29) is 17.3 Å². The van der Waals surface area contributed by atoms with Gasteiger partial charge in [-0.05, 0) is 0 Å². The van der Waals surface area contributed by atoms with Crippen LogP contribution in [0.15, 0.2) is 20.4 Å². The molecule has 12 nitrogen and oxygen atoms in total. The molecular weight excluding hydrogens is 304 g/mol. The van der Waals surface area contributed by atoms with Crippen molar-refractivity contribution in [3.05, 3.63) is 0 Å². The van der Waals surface area contributed by atoms with Gasteiger partial charge in [-0.1, -0.05) is 20.8 Å². The van der Waals surface area contributed by atoms with Gasteiger partial charge in [0.1, 0.15) is 0 Å². The Balaban J connectivity index is 0. The summed E-state index contributed by atoms with van der Waals surface area (Å²) in [5.41, 5.74) is 20.8. The van der Waals surface area contributed by atoms with E-state index in [1.54, 1.807) is 0 Å². The van der Waals surface area contributed by atoms with Crippen molar-refractivity contribution in [2.24, 2.45) is 48.8 Å². The van der Waals surface area contributed by atoms with E-state index in [0.717, 1.165) is 0 Å². The molecule has 0 saturated carbocycles. The first-order valence-corrected chi connectivity index (χ1v) is 6.62. The Kier molecular flexibility index (Phi) is 8.85. The van der Waals surface area contributed by atoms with Crippen LogP contribution in [0.2, 0.25) is 0 Å². The summed E-state index contributed by atoms with van der Waals surface area (Å²) in [7, 11) is -4.67. The van der Waals surface area contributed by atoms with E-state index in [0.29, 0.717) is 5.71 Å². The third-order valence-corrected chi connectivity index (χ3v) is 1.39. The Morgan fingerprint density at radius 2 is 1.33 bits per heavy atom. The second-order valence-corrected chi connectivity index (χ2v) is 5.37. The van der Waals surface area contributed by atoms with Crippen LogP contribution in [0.25, 0.3) is 0 Å². The maximum absolute atomic E-state index is 8.74. The van der Waals surface area contributed by atoms with Crippen molar-refractivity contribution in [3.8, 4) is 0 Å². The number of guanidine groups is 2. The molecule has 0 amide bonds. The predicted octanol–water partition coefficient (Wildman–Crippen LogP) is -1.73. The van der Waals surface area contributed by atoms with Gasteiger partial charge in [-0.25, -0.2) is 0 Å². The molecule has 0 radical (unpaired) electrons. The van der Waals surface area contributed by atoms with Crippen LogP contribution < -0.4 is 22.9 Å². The van der Waals surface area contributed by atoms with Gasteiger partial charge >= 0.3 is 10.4 Å². The highest BCUT2D eigenvalue weighted by molar-refractivity contribution is 7.79. The highest BCUT2D eigenvalue weighted by atomic mass is 32.3. The van der Waals surface area contributed by atoms with Gasteiger partial charge in [0.2, 0.25) is 11.9 Å². The van der Waals surface area contributed by atoms with Crippen LogP contribution in [0.3, 0.4) is 0 Å². The molecule has 0 fully saturated rings. The van der Waals surface area contributed by atoms with Crippen LogP contribution in [-0.4, -0.2) is 41.4 Å². The molecule has 0 aromatic heterocycles. The Morgan fingerprint density at radius 3 is 1.62 bits per heavy atom. The molecule has 10 N–H and O–H groups in total. The summed E-state index contributed by atoms with van der Waals surface area (Å²) in [6, 6.07) is 0. The number of nitrogens with two attached hydrogens (primary N) is 4. The molecule has 21 heavy (non-hydrogen) atoms. The van der Waals surface area contributed by atoms with Gasteiger partial charge in [0.15, 0.2) is 0 Å². The summed E-state index contributed by atoms with van der Waals surface area (Å²) in [5, 5.41) is 14.5. The lowest BCUT2D eigenvalue weighted by atomic mass is 9.91. The summed E-state index contributed by atoms with van der Waals surface area (Å²) in [5.74, 6) is -0.261. The van der Waals surface area contributed by atoms with Gasteiger partial charge in [-0.3, -0.25) is 9.11 Å². The largest absolute Gasteiger partial charge is 0.394 e. The molecule has 0 heterocycles. The molecule has 0 aliphatic heterocycles. The maximum atomic E-state index is 8.74. The molecule has 0 aromatic carbocycles. The molecule has 0 atom stereocenters. The minimum Gasteiger partial charge on any atom is -0.369 e. The molecule has 0 unspecified atom stereocenters. The topological polar surface area (TPSA) is 228 Å². The average Bonchev–Trinajstić information content (AvgIpc) is 2.17. The lowest BCUT2D eigenvalue weighted by molar-refractivity contribution is 0.381. The number of hydrogen-bond acceptors (Lipinski definition) is 6. The van der Waals surface area contributed by atoms with Crippen molar-refractivity contribution in [2.45, 2.75) is 20.8 Å². The number of hydrogen-bond donors (Lipinski definition) is 6. The summed E-state index contributed by atoms with van der Waals surface area (Å²) < 4.78 is 31.6. The van der Waals surface area contributed by atoms with Crippen LogP contribution in [0.1, 0.15) is 20.8 Å². The zero-order chi connectivity index (χ0) is 17.3. The second kappa shape index (κ2) is 8.83. The van der Waals surface area contributed by atoms with Crippen molar-refractivity contribution >= 4 is 34.2 Å². The smallest absolute Gasteiger partial charge is 0.369 e. The lowest BCUT2D eigenvalue weighted by Crippen LogP contribution is -2.25. The Morgan fingerprint density at radius 1 is 0.952 bits per heavy atom. The normalized spacial score (nSPS) is 12.3. The van der Waals surface area contributed by atoms with Crippen LogP contribution in [0, 0.1) is 5.41 Å². The van der Waals surface area contributed by atoms with E-state index >= 15 is 0 Å². The van der Waals surface area contributed by atoms with Gasteiger partial charge in [-0.2, -0.15) is 13.5 Å². The minimum atomic E-state index is -4.67. The fourth-order valence-electron chi connectivity index (χ4n) is 0.631. The molecule has 0 aliphatic carbocycles. The monoisotopic (exact) mass is 324 g/mol. The van der Waals surface area contributed by atoms with Crippen LogP contribution in [0.4, 0.5) is 0 Å².